The Hall–Kier alpha value is -4.27. The third-order valence-corrected chi connectivity index (χ3v) is 10.1. The van der Waals surface area contributed by atoms with Crippen molar-refractivity contribution in [2.24, 2.45) is 23.7 Å². The van der Waals surface area contributed by atoms with Gasteiger partial charge in [-0.15, -0.1) is 0 Å². The Kier molecular flexibility index (Phi) is 4.66. The fraction of sp³-hybridized carbons (Fsp3) is 0.375. The highest BCUT2D eigenvalue weighted by Gasteiger charge is 2.61. The average molecular weight is 549 g/mol. The van der Waals surface area contributed by atoms with Crippen LogP contribution in [-0.2, 0) is 6.54 Å². The van der Waals surface area contributed by atoms with Crippen LogP contribution >= 0.6 is 0 Å². The van der Waals surface area contributed by atoms with Crippen LogP contribution in [0.4, 0.5) is 4.39 Å². The number of halogens is 1. The SMILES string of the molecule is Cc1c(-c2cc3ccc(-c4ccc(O)c(F)c4)nc3n2CC2CC2)nn2cc(C(=O)N3CC4CC5CC3[C@H]54)cnc12. The van der Waals surface area contributed by atoms with E-state index in [1.807, 2.05) is 25.3 Å². The van der Waals surface area contributed by atoms with Crippen molar-refractivity contribution < 1.29 is 14.3 Å². The summed E-state index contributed by atoms with van der Waals surface area (Å²) in [6.45, 7) is 3.72. The number of likely N-dealkylation sites (tertiary alicyclic amines) is 1. The van der Waals surface area contributed by atoms with Gasteiger partial charge in [0.05, 0.1) is 17.0 Å². The second kappa shape index (κ2) is 8.15. The van der Waals surface area contributed by atoms with Gasteiger partial charge >= 0.3 is 0 Å². The number of hydrogen-bond donors (Lipinski definition) is 1. The summed E-state index contributed by atoms with van der Waals surface area (Å²) >= 11 is 0. The van der Waals surface area contributed by atoms with Crippen molar-refractivity contribution in [3.8, 4) is 28.4 Å². The molecule has 9 heteroatoms. The lowest BCUT2D eigenvalue weighted by Crippen LogP contribution is -2.53. The number of rotatable bonds is 5. The molecule has 3 saturated carbocycles. The molecule has 4 atom stereocenters. The first-order valence-electron chi connectivity index (χ1n) is 14.6. The molecule has 1 saturated heterocycles. The van der Waals surface area contributed by atoms with Crippen LogP contribution in [0.1, 0.15) is 41.6 Å². The van der Waals surface area contributed by atoms with Gasteiger partial charge in [-0.1, -0.05) is 0 Å². The molecule has 3 aliphatic carbocycles. The predicted molar refractivity (Wildman–Crippen MR) is 151 cm³/mol. The maximum atomic E-state index is 14.1. The molecule has 8 nitrogen and oxygen atoms in total. The Morgan fingerprint density at radius 1 is 1.10 bits per heavy atom. The molecule has 206 valence electrons. The van der Waals surface area contributed by atoms with Gasteiger partial charge in [0.1, 0.15) is 11.3 Å². The van der Waals surface area contributed by atoms with E-state index in [4.69, 9.17) is 15.1 Å². The van der Waals surface area contributed by atoms with Gasteiger partial charge < -0.3 is 14.6 Å². The number of aromatic nitrogens is 5. The van der Waals surface area contributed by atoms with Crippen LogP contribution in [0.2, 0.25) is 0 Å². The number of nitrogens with zero attached hydrogens (tertiary/aromatic N) is 6. The average Bonchev–Trinajstić information content (AvgIpc) is 3.63. The van der Waals surface area contributed by atoms with E-state index < -0.39 is 5.82 Å². The van der Waals surface area contributed by atoms with E-state index in [0.29, 0.717) is 34.7 Å². The summed E-state index contributed by atoms with van der Waals surface area (Å²) in [7, 11) is 0. The first kappa shape index (κ1) is 23.4. The Labute approximate surface area is 235 Å². The number of benzene rings is 1. The zero-order chi connectivity index (χ0) is 27.6. The Bertz CT molecular complexity index is 1920. The fourth-order valence-electron chi connectivity index (χ4n) is 7.66. The lowest BCUT2D eigenvalue weighted by molar-refractivity contribution is -0.0204. The molecule has 1 amide bonds. The minimum Gasteiger partial charge on any atom is -0.505 e. The first-order valence-corrected chi connectivity index (χ1v) is 14.6. The normalized spacial score (nSPS) is 24.5. The van der Waals surface area contributed by atoms with Gasteiger partial charge in [0.2, 0.25) is 0 Å². The van der Waals surface area contributed by atoms with E-state index >= 15 is 0 Å². The zero-order valence-electron chi connectivity index (χ0n) is 22.7. The number of pyridine rings is 1. The molecule has 1 aliphatic heterocycles. The van der Waals surface area contributed by atoms with Crippen molar-refractivity contribution in [1.82, 2.24) is 29.0 Å². The molecular weight excluding hydrogens is 519 g/mol. The molecule has 3 unspecified atom stereocenters. The van der Waals surface area contributed by atoms with Gasteiger partial charge in [-0.2, -0.15) is 5.10 Å². The minimum absolute atomic E-state index is 0.0668. The third-order valence-electron chi connectivity index (χ3n) is 10.1. The maximum Gasteiger partial charge on any atom is 0.257 e. The second-order valence-electron chi connectivity index (χ2n) is 12.5. The van der Waals surface area contributed by atoms with Gasteiger partial charge in [0.25, 0.3) is 5.91 Å². The molecule has 4 aromatic heterocycles. The summed E-state index contributed by atoms with van der Waals surface area (Å²) in [5.74, 6) is 1.87. The van der Waals surface area contributed by atoms with Gasteiger partial charge in [0, 0.05) is 48.0 Å². The van der Waals surface area contributed by atoms with Crippen LogP contribution in [-0.4, -0.2) is 52.6 Å². The molecule has 1 aromatic carbocycles. The largest absolute Gasteiger partial charge is 0.505 e. The van der Waals surface area contributed by atoms with Crippen molar-refractivity contribution in [3.63, 3.8) is 0 Å². The summed E-state index contributed by atoms with van der Waals surface area (Å²) in [5.41, 5.74) is 6.12. The lowest BCUT2D eigenvalue weighted by atomic mass is 9.53. The maximum absolute atomic E-state index is 14.1. The van der Waals surface area contributed by atoms with Crippen LogP contribution in [0, 0.1) is 36.4 Å². The van der Waals surface area contributed by atoms with Crippen LogP contribution in [0.15, 0.2) is 48.8 Å². The van der Waals surface area contributed by atoms with Crippen molar-refractivity contribution in [3.05, 3.63) is 65.7 Å². The highest BCUT2D eigenvalue weighted by molar-refractivity contribution is 5.95. The van der Waals surface area contributed by atoms with Crippen molar-refractivity contribution in [2.75, 3.05) is 6.54 Å². The summed E-state index contributed by atoms with van der Waals surface area (Å²) in [4.78, 5) is 25.2. The Morgan fingerprint density at radius 2 is 1.98 bits per heavy atom. The monoisotopic (exact) mass is 548 g/mol. The third kappa shape index (κ3) is 3.38. The van der Waals surface area contributed by atoms with Crippen LogP contribution in [0.5, 0.6) is 5.75 Å². The summed E-state index contributed by atoms with van der Waals surface area (Å²) in [5, 5.41) is 15.6. The Balaban J connectivity index is 1.12. The number of aryl methyl sites for hydroxylation is 1. The molecule has 0 bridgehead atoms. The zero-order valence-corrected chi connectivity index (χ0v) is 22.7. The number of hydrogen-bond acceptors (Lipinski definition) is 5. The van der Waals surface area contributed by atoms with Gasteiger partial charge in [-0.25, -0.2) is 18.9 Å². The smallest absolute Gasteiger partial charge is 0.257 e. The standard InChI is InChI=1S/C32H29FN6O2/c1-16-29(36-39-15-22(12-34-30(16)39)32(41)38-14-21-8-20-11-25(38)28(20)21)26-10-19-4-6-24(18-5-7-27(40)23(33)9-18)35-31(19)37(26)13-17-2-3-17/h4-7,9-10,12,15,17,20-21,25,28,40H,2-3,8,11,13-14H2,1H3/t20?,21?,25?,28-/m1/s1. The molecule has 9 rings (SSSR count). The van der Waals surface area contributed by atoms with Crippen LogP contribution in [0.3, 0.4) is 0 Å². The molecule has 0 spiro atoms. The van der Waals surface area contributed by atoms with Crippen LogP contribution < -0.4 is 0 Å². The molecule has 4 aliphatic rings. The number of phenols is 1. The second-order valence-corrected chi connectivity index (χ2v) is 12.5. The highest BCUT2D eigenvalue weighted by atomic mass is 19.1. The summed E-state index contributed by atoms with van der Waals surface area (Å²) < 4.78 is 18.1. The number of aromatic hydroxyl groups is 1. The number of amides is 1. The molecular formula is C32H29FN6O2. The molecule has 0 radical (unpaired) electrons. The van der Waals surface area contributed by atoms with E-state index in [2.05, 4.69) is 15.5 Å². The van der Waals surface area contributed by atoms with Crippen LogP contribution in [0.25, 0.3) is 39.3 Å². The van der Waals surface area contributed by atoms with E-state index in [9.17, 15) is 14.3 Å². The first-order chi connectivity index (χ1) is 19.9. The molecule has 5 heterocycles. The number of fused-ring (bicyclic) bond motifs is 2. The highest BCUT2D eigenvalue weighted by Crippen LogP contribution is 2.60. The van der Waals surface area contributed by atoms with Gasteiger partial charge in [-0.3, -0.25) is 4.79 Å². The van der Waals surface area contributed by atoms with E-state index in [1.54, 1.807) is 16.8 Å². The quantitative estimate of drug-likeness (QED) is 0.315. The number of carbonyl (C=O) groups is 1. The van der Waals surface area contributed by atoms with Crippen molar-refractivity contribution in [2.45, 2.75) is 45.2 Å². The molecule has 5 aromatic rings. The fourth-order valence-corrected chi connectivity index (χ4v) is 7.66. The van der Waals surface area contributed by atoms with Crippen molar-refractivity contribution in [1.29, 1.82) is 0 Å². The molecule has 1 N–H and O–H groups in total. The molecule has 4 fully saturated rings. The van der Waals surface area contributed by atoms with E-state index in [-0.39, 0.29) is 11.7 Å². The minimum atomic E-state index is -0.668. The van der Waals surface area contributed by atoms with Gasteiger partial charge in [-0.05, 0) is 92.7 Å². The number of carbonyl (C=O) groups excluding carboxylic acids is 1. The molecule has 41 heavy (non-hydrogen) atoms. The lowest BCUT2D eigenvalue weighted by Gasteiger charge is -2.52. The van der Waals surface area contributed by atoms with Crippen molar-refractivity contribution >= 4 is 22.6 Å². The predicted octanol–water partition coefficient (Wildman–Crippen LogP) is 5.46. The number of phenolic OH excluding ortho intramolecular Hbond substituents is 1. The van der Waals surface area contributed by atoms with Gasteiger partial charge in [0.15, 0.2) is 17.2 Å². The van der Waals surface area contributed by atoms with E-state index in [0.717, 1.165) is 65.0 Å². The summed E-state index contributed by atoms with van der Waals surface area (Å²) in [6, 6.07) is 10.7. The topological polar surface area (TPSA) is 88.6 Å². The summed E-state index contributed by atoms with van der Waals surface area (Å²) in [6.07, 6.45) is 8.33. The van der Waals surface area contributed by atoms with E-state index in [1.165, 1.54) is 31.4 Å². The Morgan fingerprint density at radius 3 is 2.76 bits per heavy atom.